The molecule has 18 heavy (non-hydrogen) atoms. The normalized spacial score (nSPS) is 14.4. The molecular formula is C10H14ClN3O3S. The molecule has 0 radical (unpaired) electrons. The predicted octanol–water partition coefficient (Wildman–Crippen LogP) is 1.14. The SMILES string of the molecule is CC(CC(N)=NO)NS(=O)(=O)c1ccc(Cl)cc1. The average molecular weight is 292 g/mol. The van der Waals surface area contributed by atoms with Gasteiger partial charge in [-0.3, -0.25) is 0 Å². The number of rotatable bonds is 5. The van der Waals surface area contributed by atoms with Gasteiger partial charge in [-0.2, -0.15) is 0 Å². The summed E-state index contributed by atoms with van der Waals surface area (Å²) in [5.41, 5.74) is 5.30. The molecule has 1 aromatic rings. The monoisotopic (exact) mass is 291 g/mol. The van der Waals surface area contributed by atoms with Crippen molar-refractivity contribution in [1.29, 1.82) is 0 Å². The lowest BCUT2D eigenvalue weighted by Crippen LogP contribution is -2.35. The molecule has 0 bridgehead atoms. The molecule has 0 aliphatic rings. The summed E-state index contributed by atoms with van der Waals surface area (Å²) in [4.78, 5) is 0.109. The Morgan fingerprint density at radius 2 is 2.06 bits per heavy atom. The Labute approximate surface area is 110 Å². The van der Waals surface area contributed by atoms with Crippen LogP contribution in [0, 0.1) is 0 Å². The second kappa shape index (κ2) is 6.03. The maximum absolute atomic E-state index is 11.9. The van der Waals surface area contributed by atoms with Gasteiger partial charge < -0.3 is 10.9 Å². The van der Waals surface area contributed by atoms with E-state index >= 15 is 0 Å². The number of benzene rings is 1. The Kier molecular flexibility index (Phi) is 4.94. The standard InChI is InChI=1S/C10H14ClN3O3S/c1-7(6-10(12)13-15)14-18(16,17)9-4-2-8(11)3-5-9/h2-5,7,14-15H,6H2,1H3,(H2,12,13). The van der Waals surface area contributed by atoms with Gasteiger partial charge in [0.15, 0.2) is 0 Å². The van der Waals surface area contributed by atoms with Crippen LogP contribution in [0.4, 0.5) is 0 Å². The summed E-state index contributed by atoms with van der Waals surface area (Å²) in [6, 6.07) is 5.30. The summed E-state index contributed by atoms with van der Waals surface area (Å²) in [5, 5.41) is 11.6. The summed E-state index contributed by atoms with van der Waals surface area (Å²) < 4.78 is 26.3. The first-order chi connectivity index (χ1) is 8.35. The zero-order valence-corrected chi connectivity index (χ0v) is 11.2. The molecule has 0 aliphatic heterocycles. The average Bonchev–Trinajstić information content (AvgIpc) is 2.28. The van der Waals surface area contributed by atoms with E-state index in [1.807, 2.05) is 0 Å². The summed E-state index contributed by atoms with van der Waals surface area (Å²) in [6.45, 7) is 1.62. The molecule has 8 heteroatoms. The second-order valence-electron chi connectivity index (χ2n) is 3.77. The van der Waals surface area contributed by atoms with E-state index < -0.39 is 16.1 Å². The number of oxime groups is 1. The van der Waals surface area contributed by atoms with Gasteiger partial charge in [-0.25, -0.2) is 13.1 Å². The first-order valence-electron chi connectivity index (χ1n) is 5.09. The third-order valence-electron chi connectivity index (χ3n) is 2.12. The molecule has 0 heterocycles. The number of nitrogens with one attached hydrogen (secondary N) is 1. The highest BCUT2D eigenvalue weighted by Gasteiger charge is 2.17. The van der Waals surface area contributed by atoms with E-state index in [1.54, 1.807) is 6.92 Å². The molecule has 0 saturated carbocycles. The largest absolute Gasteiger partial charge is 0.409 e. The number of nitrogens with zero attached hydrogens (tertiary/aromatic N) is 1. The van der Waals surface area contributed by atoms with Crippen molar-refractivity contribution in [2.45, 2.75) is 24.3 Å². The molecule has 4 N–H and O–H groups in total. The smallest absolute Gasteiger partial charge is 0.240 e. The summed E-state index contributed by atoms with van der Waals surface area (Å²) in [5.74, 6) is -0.0405. The Morgan fingerprint density at radius 1 is 1.50 bits per heavy atom. The zero-order valence-electron chi connectivity index (χ0n) is 9.67. The number of hydrogen-bond donors (Lipinski definition) is 3. The molecule has 0 spiro atoms. The molecule has 1 atom stereocenters. The van der Waals surface area contributed by atoms with Crippen LogP contribution < -0.4 is 10.5 Å². The van der Waals surface area contributed by atoms with Crippen molar-refractivity contribution < 1.29 is 13.6 Å². The van der Waals surface area contributed by atoms with Crippen LogP contribution in [0.5, 0.6) is 0 Å². The van der Waals surface area contributed by atoms with Crippen molar-refractivity contribution in [2.75, 3.05) is 0 Å². The lowest BCUT2D eigenvalue weighted by Gasteiger charge is -2.13. The van der Waals surface area contributed by atoms with Crippen LogP contribution in [0.2, 0.25) is 5.02 Å². The molecular weight excluding hydrogens is 278 g/mol. The maximum Gasteiger partial charge on any atom is 0.240 e. The summed E-state index contributed by atoms with van der Waals surface area (Å²) in [6.07, 6.45) is 0.114. The third-order valence-corrected chi connectivity index (χ3v) is 3.98. The van der Waals surface area contributed by atoms with Crippen LogP contribution in [0.1, 0.15) is 13.3 Å². The van der Waals surface area contributed by atoms with Gasteiger partial charge in [-0.15, -0.1) is 0 Å². The van der Waals surface area contributed by atoms with Gasteiger partial charge in [0.1, 0.15) is 5.84 Å². The fourth-order valence-corrected chi connectivity index (χ4v) is 2.71. The van der Waals surface area contributed by atoms with Gasteiger partial charge in [-0.1, -0.05) is 16.8 Å². The predicted molar refractivity (Wildman–Crippen MR) is 69.3 cm³/mol. The van der Waals surface area contributed by atoms with Crippen LogP contribution >= 0.6 is 11.6 Å². The van der Waals surface area contributed by atoms with Crippen molar-refractivity contribution in [3.8, 4) is 0 Å². The van der Waals surface area contributed by atoms with Crippen LogP contribution in [-0.2, 0) is 10.0 Å². The van der Waals surface area contributed by atoms with Crippen molar-refractivity contribution in [2.24, 2.45) is 10.9 Å². The Bertz CT molecular complexity index is 528. The highest BCUT2D eigenvalue weighted by atomic mass is 35.5. The lowest BCUT2D eigenvalue weighted by atomic mass is 10.2. The Balaban J connectivity index is 2.79. The van der Waals surface area contributed by atoms with E-state index in [1.165, 1.54) is 24.3 Å². The van der Waals surface area contributed by atoms with Crippen LogP contribution in [0.15, 0.2) is 34.3 Å². The third kappa shape index (κ3) is 4.17. The Hall–Kier alpha value is -1.31. The van der Waals surface area contributed by atoms with E-state index in [0.29, 0.717) is 5.02 Å². The van der Waals surface area contributed by atoms with Crippen LogP contribution in [0.3, 0.4) is 0 Å². The first kappa shape index (κ1) is 14.7. The van der Waals surface area contributed by atoms with Crippen molar-refractivity contribution in [3.05, 3.63) is 29.3 Å². The second-order valence-corrected chi connectivity index (χ2v) is 5.92. The van der Waals surface area contributed by atoms with Gasteiger partial charge in [0.05, 0.1) is 4.90 Å². The van der Waals surface area contributed by atoms with Gasteiger partial charge in [0, 0.05) is 17.5 Å². The van der Waals surface area contributed by atoms with Gasteiger partial charge in [0.25, 0.3) is 0 Å². The molecule has 1 rings (SSSR count). The molecule has 0 amide bonds. The zero-order chi connectivity index (χ0) is 13.8. The summed E-state index contributed by atoms with van der Waals surface area (Å²) >= 11 is 5.68. The van der Waals surface area contributed by atoms with E-state index in [4.69, 9.17) is 22.5 Å². The molecule has 1 unspecified atom stereocenters. The molecule has 100 valence electrons. The van der Waals surface area contributed by atoms with E-state index in [2.05, 4.69) is 9.88 Å². The number of hydrogen-bond acceptors (Lipinski definition) is 4. The van der Waals surface area contributed by atoms with E-state index in [0.717, 1.165) is 0 Å². The highest BCUT2D eigenvalue weighted by molar-refractivity contribution is 7.89. The van der Waals surface area contributed by atoms with Crippen molar-refractivity contribution in [3.63, 3.8) is 0 Å². The van der Waals surface area contributed by atoms with Gasteiger partial charge in [-0.05, 0) is 31.2 Å². The molecule has 0 saturated heterocycles. The molecule has 6 nitrogen and oxygen atoms in total. The van der Waals surface area contributed by atoms with Gasteiger partial charge >= 0.3 is 0 Å². The fourth-order valence-electron chi connectivity index (χ4n) is 1.34. The van der Waals surface area contributed by atoms with Crippen molar-refractivity contribution in [1.82, 2.24) is 4.72 Å². The number of amidine groups is 1. The minimum absolute atomic E-state index is 0.0405. The minimum atomic E-state index is -3.63. The lowest BCUT2D eigenvalue weighted by molar-refractivity contribution is 0.316. The molecule has 1 aromatic carbocycles. The number of halogens is 1. The van der Waals surface area contributed by atoms with Crippen molar-refractivity contribution >= 4 is 27.5 Å². The van der Waals surface area contributed by atoms with Gasteiger partial charge in [0.2, 0.25) is 10.0 Å². The van der Waals surface area contributed by atoms with E-state index in [9.17, 15) is 8.42 Å². The molecule has 0 aromatic heterocycles. The Morgan fingerprint density at radius 3 is 2.56 bits per heavy atom. The molecule has 0 fully saturated rings. The fraction of sp³-hybridized carbons (Fsp3) is 0.300. The number of sulfonamides is 1. The first-order valence-corrected chi connectivity index (χ1v) is 6.95. The minimum Gasteiger partial charge on any atom is -0.409 e. The van der Waals surface area contributed by atoms with Crippen LogP contribution in [0.25, 0.3) is 0 Å². The topological polar surface area (TPSA) is 105 Å². The molecule has 0 aliphatic carbocycles. The highest BCUT2D eigenvalue weighted by Crippen LogP contribution is 2.14. The quantitative estimate of drug-likeness (QED) is 0.327. The summed E-state index contributed by atoms with van der Waals surface area (Å²) in [7, 11) is -3.63. The number of nitrogens with two attached hydrogens (primary N) is 1. The maximum atomic E-state index is 11.9. The van der Waals surface area contributed by atoms with Crippen LogP contribution in [-0.4, -0.2) is 25.5 Å². The van der Waals surface area contributed by atoms with E-state index in [-0.39, 0.29) is 17.2 Å².